The van der Waals surface area contributed by atoms with Gasteiger partial charge in [0.2, 0.25) is 0 Å². The highest BCUT2D eigenvalue weighted by atomic mass is 16.7. The minimum Gasteiger partial charge on any atom is -0.396 e. The molecule has 0 rings (SSSR count). The van der Waals surface area contributed by atoms with Crippen molar-refractivity contribution in [1.82, 2.24) is 0 Å². The third kappa shape index (κ3) is 12.1. The zero-order chi connectivity index (χ0) is 12.8. The lowest BCUT2D eigenvalue weighted by Crippen LogP contribution is -2.19. The number of rotatable bonds is 13. The lowest BCUT2D eigenvalue weighted by atomic mass is 10.2. The second-order valence-electron chi connectivity index (χ2n) is 4.45. The van der Waals surface area contributed by atoms with Gasteiger partial charge in [0.1, 0.15) is 0 Å². The van der Waals surface area contributed by atoms with Crippen LogP contribution in [0.15, 0.2) is 0 Å². The van der Waals surface area contributed by atoms with Crippen molar-refractivity contribution in [3.63, 3.8) is 0 Å². The van der Waals surface area contributed by atoms with Crippen LogP contribution in [-0.4, -0.2) is 31.2 Å². The van der Waals surface area contributed by atoms with Gasteiger partial charge in [0.25, 0.3) is 0 Å². The molecule has 3 heteroatoms. The molecule has 1 N–H and O–H groups in total. The third-order valence-electron chi connectivity index (χ3n) is 2.70. The molecule has 0 heterocycles. The minimum atomic E-state index is -0.115. The van der Waals surface area contributed by atoms with Gasteiger partial charge in [-0.05, 0) is 19.3 Å². The van der Waals surface area contributed by atoms with E-state index < -0.39 is 0 Å². The molecule has 0 aliphatic carbocycles. The molecule has 0 amide bonds. The maximum Gasteiger partial charge on any atom is 0.157 e. The fourth-order valence-electron chi connectivity index (χ4n) is 1.61. The Morgan fingerprint density at radius 2 is 1.35 bits per heavy atom. The number of hydrogen-bond donors (Lipinski definition) is 1. The van der Waals surface area contributed by atoms with E-state index in [1.165, 1.54) is 25.7 Å². The van der Waals surface area contributed by atoms with Gasteiger partial charge in [0.05, 0.1) is 0 Å². The molecule has 0 unspecified atom stereocenters. The van der Waals surface area contributed by atoms with Crippen molar-refractivity contribution in [2.75, 3.05) is 19.8 Å². The molecule has 0 saturated heterocycles. The zero-order valence-corrected chi connectivity index (χ0v) is 11.6. The second kappa shape index (κ2) is 13.9. The second-order valence-corrected chi connectivity index (χ2v) is 4.45. The normalized spacial score (nSPS) is 11.3. The summed E-state index contributed by atoms with van der Waals surface area (Å²) in [5.74, 6) is 0. The quantitative estimate of drug-likeness (QED) is 0.399. The Hall–Kier alpha value is -0.120. The number of aliphatic hydroxyl groups excluding tert-OH is 1. The highest BCUT2D eigenvalue weighted by molar-refractivity contribution is 4.48. The predicted molar refractivity (Wildman–Crippen MR) is 71.1 cm³/mol. The van der Waals surface area contributed by atoms with Crippen molar-refractivity contribution in [3.8, 4) is 0 Å². The van der Waals surface area contributed by atoms with Crippen LogP contribution in [0.5, 0.6) is 0 Å². The molecule has 0 bridgehead atoms. The number of unbranched alkanes of at least 4 members (excludes halogenated alkanes) is 4. The molecule has 0 spiro atoms. The van der Waals surface area contributed by atoms with Crippen LogP contribution in [0.25, 0.3) is 0 Å². The predicted octanol–water partition coefficient (Wildman–Crippen LogP) is 3.50. The molecule has 0 aromatic rings. The van der Waals surface area contributed by atoms with Crippen molar-refractivity contribution >= 4 is 0 Å². The highest BCUT2D eigenvalue weighted by Gasteiger charge is 2.08. The fraction of sp³-hybridized carbons (Fsp3) is 1.00. The number of hydrogen-bond acceptors (Lipinski definition) is 3. The molecule has 0 atom stereocenters. The molecule has 3 nitrogen and oxygen atoms in total. The summed E-state index contributed by atoms with van der Waals surface area (Å²) in [7, 11) is 0. The van der Waals surface area contributed by atoms with Crippen LogP contribution in [-0.2, 0) is 9.47 Å². The van der Waals surface area contributed by atoms with Crippen LogP contribution in [0, 0.1) is 0 Å². The van der Waals surface area contributed by atoms with Gasteiger partial charge in [0, 0.05) is 26.2 Å². The van der Waals surface area contributed by atoms with E-state index in [0.29, 0.717) is 0 Å². The maximum atomic E-state index is 8.82. The molecule has 0 aliphatic heterocycles. The van der Waals surface area contributed by atoms with Crippen LogP contribution >= 0.6 is 0 Å². The molecule has 0 aliphatic rings. The summed E-state index contributed by atoms with van der Waals surface area (Å²) in [6.45, 7) is 6.14. The summed E-state index contributed by atoms with van der Waals surface area (Å²) >= 11 is 0. The summed E-state index contributed by atoms with van der Waals surface area (Å²) in [6.07, 6.45) is 8.49. The molecular formula is C14H30O3. The van der Waals surface area contributed by atoms with Gasteiger partial charge >= 0.3 is 0 Å². The molecule has 0 aromatic heterocycles. The Bertz CT molecular complexity index is 127. The molecule has 17 heavy (non-hydrogen) atoms. The average molecular weight is 246 g/mol. The van der Waals surface area contributed by atoms with Crippen LogP contribution in [0.3, 0.4) is 0 Å². The monoisotopic (exact) mass is 246 g/mol. The van der Waals surface area contributed by atoms with Gasteiger partial charge in [0.15, 0.2) is 6.29 Å². The van der Waals surface area contributed by atoms with E-state index in [0.717, 1.165) is 38.9 Å². The third-order valence-corrected chi connectivity index (χ3v) is 2.70. The van der Waals surface area contributed by atoms with Gasteiger partial charge in [-0.15, -0.1) is 0 Å². The smallest absolute Gasteiger partial charge is 0.157 e. The van der Waals surface area contributed by atoms with Crippen molar-refractivity contribution in [2.24, 2.45) is 0 Å². The summed E-state index contributed by atoms with van der Waals surface area (Å²) in [5, 5.41) is 8.82. The van der Waals surface area contributed by atoms with E-state index in [-0.39, 0.29) is 12.9 Å². The molecule has 0 radical (unpaired) electrons. The zero-order valence-electron chi connectivity index (χ0n) is 11.6. The lowest BCUT2D eigenvalue weighted by Gasteiger charge is -2.18. The van der Waals surface area contributed by atoms with Crippen LogP contribution in [0.1, 0.15) is 65.2 Å². The van der Waals surface area contributed by atoms with E-state index in [9.17, 15) is 0 Å². The van der Waals surface area contributed by atoms with E-state index in [1.807, 2.05) is 0 Å². The number of ether oxygens (including phenoxy) is 2. The Morgan fingerprint density at radius 3 is 1.76 bits per heavy atom. The van der Waals surface area contributed by atoms with Crippen molar-refractivity contribution in [2.45, 2.75) is 71.5 Å². The Labute approximate surface area is 107 Å². The first-order valence-corrected chi connectivity index (χ1v) is 7.19. The summed E-state index contributed by atoms with van der Waals surface area (Å²) in [4.78, 5) is 0. The van der Waals surface area contributed by atoms with Gasteiger partial charge in [-0.25, -0.2) is 0 Å². The van der Waals surface area contributed by atoms with Gasteiger partial charge < -0.3 is 14.6 Å². The largest absolute Gasteiger partial charge is 0.396 e. The van der Waals surface area contributed by atoms with Gasteiger partial charge in [-0.2, -0.15) is 0 Å². The SMILES string of the molecule is CCCCCOC(CCCO)OCCCCC. The maximum absolute atomic E-state index is 8.82. The van der Waals surface area contributed by atoms with Crippen molar-refractivity contribution in [1.29, 1.82) is 0 Å². The molecule has 0 aromatic carbocycles. The summed E-state index contributed by atoms with van der Waals surface area (Å²) in [6, 6.07) is 0. The first kappa shape index (κ1) is 16.9. The number of aliphatic hydroxyl groups is 1. The minimum absolute atomic E-state index is 0.115. The average Bonchev–Trinajstić information content (AvgIpc) is 2.35. The van der Waals surface area contributed by atoms with E-state index >= 15 is 0 Å². The highest BCUT2D eigenvalue weighted by Crippen LogP contribution is 2.08. The van der Waals surface area contributed by atoms with Crippen LogP contribution in [0.2, 0.25) is 0 Å². The Balaban J connectivity index is 3.56. The Morgan fingerprint density at radius 1 is 0.824 bits per heavy atom. The first-order chi connectivity index (χ1) is 8.35. The Kier molecular flexibility index (Phi) is 13.8. The van der Waals surface area contributed by atoms with Crippen molar-refractivity contribution in [3.05, 3.63) is 0 Å². The van der Waals surface area contributed by atoms with Crippen molar-refractivity contribution < 1.29 is 14.6 Å². The van der Waals surface area contributed by atoms with Gasteiger partial charge in [-0.3, -0.25) is 0 Å². The summed E-state index contributed by atoms with van der Waals surface area (Å²) < 4.78 is 11.4. The fourth-order valence-corrected chi connectivity index (χ4v) is 1.61. The molecule has 104 valence electrons. The van der Waals surface area contributed by atoms with E-state index in [4.69, 9.17) is 14.6 Å². The first-order valence-electron chi connectivity index (χ1n) is 7.19. The lowest BCUT2D eigenvalue weighted by molar-refractivity contribution is -0.148. The molecular weight excluding hydrogens is 216 g/mol. The van der Waals surface area contributed by atoms with Crippen LogP contribution in [0.4, 0.5) is 0 Å². The standard InChI is InChI=1S/C14H30O3/c1-3-5-7-12-16-14(10-9-11-15)17-13-8-6-4-2/h14-15H,3-13H2,1-2H3. The van der Waals surface area contributed by atoms with Crippen LogP contribution < -0.4 is 0 Å². The molecule has 0 fully saturated rings. The van der Waals surface area contributed by atoms with E-state index in [2.05, 4.69) is 13.8 Å². The van der Waals surface area contributed by atoms with Gasteiger partial charge in [-0.1, -0.05) is 39.5 Å². The molecule has 0 saturated carbocycles. The van der Waals surface area contributed by atoms with E-state index in [1.54, 1.807) is 0 Å². The topological polar surface area (TPSA) is 38.7 Å². The summed E-state index contributed by atoms with van der Waals surface area (Å²) in [5.41, 5.74) is 0.